The number of nitrogens with two attached hydrogens (primary N) is 1. The summed E-state index contributed by atoms with van der Waals surface area (Å²) in [4.78, 5) is 2.36. The van der Waals surface area contributed by atoms with E-state index in [9.17, 15) is 0 Å². The van der Waals surface area contributed by atoms with Crippen molar-refractivity contribution in [3.05, 3.63) is 41.6 Å². The van der Waals surface area contributed by atoms with Gasteiger partial charge in [-0.1, -0.05) is 18.2 Å². The molecule has 5 nitrogen and oxygen atoms in total. The van der Waals surface area contributed by atoms with Crippen molar-refractivity contribution in [2.75, 3.05) is 32.5 Å². The molecule has 0 radical (unpaired) electrons. The predicted octanol–water partition coefficient (Wildman–Crippen LogP) is 1.46. The minimum atomic E-state index is 0.752. The smallest absolute Gasteiger partial charge is 0.132 e. The van der Waals surface area contributed by atoms with Crippen LogP contribution in [0.4, 0.5) is 5.82 Å². The van der Waals surface area contributed by atoms with Crippen molar-refractivity contribution in [2.24, 2.45) is 0 Å². The Morgan fingerprint density at radius 2 is 2.10 bits per heavy atom. The highest BCUT2D eigenvalue weighted by Gasteiger charge is 2.23. The van der Waals surface area contributed by atoms with Crippen molar-refractivity contribution in [1.82, 2.24) is 14.7 Å². The third kappa shape index (κ3) is 2.42. The van der Waals surface area contributed by atoms with Crippen LogP contribution in [-0.4, -0.2) is 41.5 Å². The first-order chi connectivity index (χ1) is 9.79. The van der Waals surface area contributed by atoms with Gasteiger partial charge in [-0.05, 0) is 12.1 Å². The Labute approximate surface area is 118 Å². The van der Waals surface area contributed by atoms with Gasteiger partial charge in [-0.2, -0.15) is 5.10 Å². The molecular weight excluding hydrogens is 252 g/mol. The van der Waals surface area contributed by atoms with Crippen LogP contribution in [0, 0.1) is 0 Å². The zero-order valence-electron chi connectivity index (χ0n) is 11.7. The number of nitrogens with zero attached hydrogens (tertiary/aromatic N) is 3. The second-order valence-electron chi connectivity index (χ2n) is 5.08. The minimum Gasteiger partial charge on any atom is -0.383 e. The average Bonchev–Trinajstić information content (AvgIpc) is 2.83. The van der Waals surface area contributed by atoms with E-state index in [1.54, 1.807) is 7.11 Å². The van der Waals surface area contributed by atoms with Crippen molar-refractivity contribution in [3.63, 3.8) is 0 Å². The van der Waals surface area contributed by atoms with Crippen molar-refractivity contribution in [3.8, 4) is 5.69 Å². The van der Waals surface area contributed by atoms with Gasteiger partial charge in [-0.3, -0.25) is 4.90 Å². The molecule has 1 aliphatic heterocycles. The fraction of sp³-hybridized carbons (Fsp3) is 0.400. The molecule has 2 aromatic rings. The molecule has 2 heterocycles. The van der Waals surface area contributed by atoms with E-state index in [4.69, 9.17) is 10.5 Å². The quantitative estimate of drug-likeness (QED) is 0.915. The van der Waals surface area contributed by atoms with E-state index in [-0.39, 0.29) is 0 Å². The van der Waals surface area contributed by atoms with E-state index in [0.717, 1.165) is 55.4 Å². The van der Waals surface area contributed by atoms with E-state index in [1.165, 1.54) is 0 Å². The molecule has 0 saturated carbocycles. The Morgan fingerprint density at radius 3 is 2.85 bits per heavy atom. The van der Waals surface area contributed by atoms with Crippen LogP contribution in [0.1, 0.15) is 11.3 Å². The summed E-state index contributed by atoms with van der Waals surface area (Å²) in [6.07, 6.45) is 0.948. The molecule has 0 amide bonds. The van der Waals surface area contributed by atoms with E-state index < -0.39 is 0 Å². The number of nitrogen functional groups attached to an aromatic ring is 1. The van der Waals surface area contributed by atoms with Crippen LogP contribution >= 0.6 is 0 Å². The number of methoxy groups -OCH3 is 1. The molecule has 0 saturated heterocycles. The van der Waals surface area contributed by atoms with E-state index >= 15 is 0 Å². The highest BCUT2D eigenvalue weighted by Crippen LogP contribution is 2.26. The second-order valence-corrected chi connectivity index (χ2v) is 5.08. The number of benzene rings is 1. The molecule has 0 fully saturated rings. The van der Waals surface area contributed by atoms with Gasteiger partial charge >= 0.3 is 0 Å². The standard InChI is InChI=1S/C15H20N4O/c1-20-10-9-18-8-7-14-13(11-18)15(16)19(17-14)12-5-3-2-4-6-12/h2-6H,7-11,16H2,1H3. The Balaban J connectivity index is 1.86. The van der Waals surface area contributed by atoms with Crippen molar-refractivity contribution in [2.45, 2.75) is 13.0 Å². The van der Waals surface area contributed by atoms with Crippen LogP contribution in [0.2, 0.25) is 0 Å². The first-order valence-electron chi connectivity index (χ1n) is 6.92. The molecule has 0 unspecified atom stereocenters. The van der Waals surface area contributed by atoms with E-state index in [1.807, 2.05) is 35.0 Å². The molecule has 0 aliphatic carbocycles. The van der Waals surface area contributed by atoms with Gasteiger partial charge in [-0.15, -0.1) is 0 Å². The number of para-hydroxylation sites is 1. The number of ether oxygens (including phenoxy) is 1. The van der Waals surface area contributed by atoms with E-state index in [0.29, 0.717) is 0 Å². The zero-order valence-corrected chi connectivity index (χ0v) is 11.7. The summed E-state index contributed by atoms with van der Waals surface area (Å²) in [6, 6.07) is 10.0. The number of rotatable bonds is 4. The van der Waals surface area contributed by atoms with Crippen molar-refractivity contribution < 1.29 is 4.74 Å². The summed E-state index contributed by atoms with van der Waals surface area (Å²) >= 11 is 0. The summed E-state index contributed by atoms with van der Waals surface area (Å²) in [5.41, 5.74) is 9.59. The molecular formula is C15H20N4O. The molecule has 0 bridgehead atoms. The molecule has 1 aromatic heterocycles. The summed E-state index contributed by atoms with van der Waals surface area (Å²) < 4.78 is 7.00. The Morgan fingerprint density at radius 1 is 1.30 bits per heavy atom. The normalized spacial score (nSPS) is 15.2. The fourth-order valence-electron chi connectivity index (χ4n) is 2.63. The summed E-state index contributed by atoms with van der Waals surface area (Å²) in [6.45, 7) is 3.56. The first-order valence-corrected chi connectivity index (χ1v) is 6.92. The topological polar surface area (TPSA) is 56.3 Å². The first kappa shape index (κ1) is 13.1. The Hall–Kier alpha value is -1.85. The number of fused-ring (bicyclic) bond motifs is 1. The summed E-state index contributed by atoms with van der Waals surface area (Å²) in [5, 5.41) is 4.67. The van der Waals surface area contributed by atoms with Gasteiger partial charge in [0, 0.05) is 38.7 Å². The lowest BCUT2D eigenvalue weighted by Crippen LogP contribution is -2.33. The molecule has 2 N–H and O–H groups in total. The monoisotopic (exact) mass is 272 g/mol. The number of hydrogen-bond donors (Lipinski definition) is 1. The van der Waals surface area contributed by atoms with Crippen LogP contribution in [0.15, 0.2) is 30.3 Å². The Kier molecular flexibility index (Phi) is 3.71. The molecule has 1 aromatic carbocycles. The van der Waals surface area contributed by atoms with Crippen LogP contribution in [0.5, 0.6) is 0 Å². The maximum absolute atomic E-state index is 6.29. The second kappa shape index (κ2) is 5.64. The largest absolute Gasteiger partial charge is 0.383 e. The van der Waals surface area contributed by atoms with Gasteiger partial charge in [0.1, 0.15) is 5.82 Å². The lowest BCUT2D eigenvalue weighted by atomic mass is 10.1. The average molecular weight is 272 g/mol. The Bertz CT molecular complexity index is 579. The highest BCUT2D eigenvalue weighted by molar-refractivity contribution is 5.50. The van der Waals surface area contributed by atoms with Gasteiger partial charge in [0.15, 0.2) is 0 Å². The van der Waals surface area contributed by atoms with Crippen molar-refractivity contribution in [1.29, 1.82) is 0 Å². The third-order valence-corrected chi connectivity index (χ3v) is 3.77. The van der Waals surface area contributed by atoms with Gasteiger partial charge in [0.25, 0.3) is 0 Å². The lowest BCUT2D eigenvalue weighted by Gasteiger charge is -2.25. The van der Waals surface area contributed by atoms with Crippen LogP contribution in [-0.2, 0) is 17.7 Å². The van der Waals surface area contributed by atoms with Gasteiger partial charge in [0.05, 0.1) is 18.0 Å². The number of hydrogen-bond acceptors (Lipinski definition) is 4. The van der Waals surface area contributed by atoms with E-state index in [2.05, 4.69) is 10.00 Å². The van der Waals surface area contributed by atoms with Crippen LogP contribution in [0.25, 0.3) is 5.69 Å². The molecule has 3 rings (SSSR count). The minimum absolute atomic E-state index is 0.752. The SMILES string of the molecule is COCCN1CCc2nn(-c3ccccc3)c(N)c2C1. The van der Waals surface area contributed by atoms with Gasteiger partial charge < -0.3 is 10.5 Å². The van der Waals surface area contributed by atoms with Gasteiger partial charge in [-0.25, -0.2) is 4.68 Å². The molecule has 106 valence electrons. The van der Waals surface area contributed by atoms with Crippen LogP contribution < -0.4 is 5.73 Å². The fourth-order valence-corrected chi connectivity index (χ4v) is 2.63. The molecule has 20 heavy (non-hydrogen) atoms. The highest BCUT2D eigenvalue weighted by atomic mass is 16.5. The van der Waals surface area contributed by atoms with Gasteiger partial charge in [0.2, 0.25) is 0 Å². The number of aromatic nitrogens is 2. The van der Waals surface area contributed by atoms with Crippen molar-refractivity contribution >= 4 is 5.82 Å². The maximum Gasteiger partial charge on any atom is 0.132 e. The number of anilines is 1. The third-order valence-electron chi connectivity index (χ3n) is 3.77. The zero-order chi connectivity index (χ0) is 13.9. The lowest BCUT2D eigenvalue weighted by molar-refractivity contribution is 0.140. The molecule has 1 aliphatic rings. The molecule has 0 spiro atoms. The summed E-state index contributed by atoms with van der Waals surface area (Å²) in [7, 11) is 1.73. The molecule has 5 heteroatoms. The summed E-state index contributed by atoms with van der Waals surface area (Å²) in [5.74, 6) is 0.758. The molecule has 0 atom stereocenters. The van der Waals surface area contributed by atoms with Crippen LogP contribution in [0.3, 0.4) is 0 Å². The maximum atomic E-state index is 6.29. The predicted molar refractivity (Wildman–Crippen MR) is 78.8 cm³/mol.